The summed E-state index contributed by atoms with van der Waals surface area (Å²) in [5.41, 5.74) is 2.36. The molecule has 1 aromatic heterocycles. The van der Waals surface area contributed by atoms with E-state index in [1.54, 1.807) is 18.3 Å². The first-order chi connectivity index (χ1) is 7.18. The molecule has 0 aliphatic rings. The highest BCUT2D eigenvalue weighted by Gasteiger charge is 2.09. The Labute approximate surface area is 93.4 Å². The van der Waals surface area contributed by atoms with Gasteiger partial charge in [0.05, 0.1) is 4.88 Å². The van der Waals surface area contributed by atoms with Crippen molar-refractivity contribution in [2.75, 3.05) is 0 Å². The van der Waals surface area contributed by atoms with Gasteiger partial charge in [-0.3, -0.25) is 4.79 Å². The summed E-state index contributed by atoms with van der Waals surface area (Å²) in [6, 6.07) is 12.1. The highest BCUT2D eigenvalue weighted by atomic mass is 32.1. The third-order valence-corrected chi connectivity index (χ3v) is 3.69. The highest BCUT2D eigenvalue weighted by molar-refractivity contribution is 7.17. The van der Waals surface area contributed by atoms with Crippen LogP contribution in [0.2, 0.25) is 0 Å². The van der Waals surface area contributed by atoms with Gasteiger partial charge < -0.3 is 0 Å². The molecule has 1 nitrogen and oxygen atoms in total. The molecule has 0 saturated heterocycles. The maximum absolute atomic E-state index is 11.3. The van der Waals surface area contributed by atoms with Crippen LogP contribution in [0.5, 0.6) is 0 Å². The van der Waals surface area contributed by atoms with Gasteiger partial charge in [-0.15, -0.1) is 11.3 Å². The van der Waals surface area contributed by atoms with Crippen LogP contribution < -0.4 is 0 Å². The zero-order valence-electron chi connectivity index (χ0n) is 8.78. The molecule has 0 atom stereocenters. The second kappa shape index (κ2) is 3.99. The van der Waals surface area contributed by atoms with Gasteiger partial charge in [0.2, 0.25) is 0 Å². The van der Waals surface area contributed by atoms with E-state index in [2.05, 4.69) is 12.1 Å². The smallest absolute Gasteiger partial charge is 0.169 e. The average Bonchev–Trinajstić information content (AvgIpc) is 2.62. The molecule has 15 heavy (non-hydrogen) atoms. The van der Waals surface area contributed by atoms with Crippen molar-refractivity contribution in [1.29, 1.82) is 0 Å². The van der Waals surface area contributed by atoms with Crippen molar-refractivity contribution >= 4 is 17.1 Å². The lowest BCUT2D eigenvalue weighted by Gasteiger charge is -1.97. The summed E-state index contributed by atoms with van der Waals surface area (Å²) in [6.07, 6.45) is 0. The minimum atomic E-state index is 0.144. The van der Waals surface area contributed by atoms with Crippen LogP contribution in [0.1, 0.15) is 22.2 Å². The first kappa shape index (κ1) is 10.1. The monoisotopic (exact) mass is 216 g/mol. The van der Waals surface area contributed by atoms with Gasteiger partial charge in [0.1, 0.15) is 0 Å². The van der Waals surface area contributed by atoms with Crippen LogP contribution in [0.25, 0.3) is 10.4 Å². The van der Waals surface area contributed by atoms with E-state index in [0.717, 1.165) is 4.88 Å². The van der Waals surface area contributed by atoms with Crippen molar-refractivity contribution in [1.82, 2.24) is 0 Å². The summed E-state index contributed by atoms with van der Waals surface area (Å²) < 4.78 is 0. The molecule has 0 unspecified atom stereocenters. The Morgan fingerprint density at radius 2 is 1.87 bits per heavy atom. The maximum atomic E-state index is 11.3. The summed E-state index contributed by atoms with van der Waals surface area (Å²) in [6.45, 7) is 3.66. The van der Waals surface area contributed by atoms with E-state index in [4.69, 9.17) is 0 Å². The predicted octanol–water partition coefficient (Wildman–Crippen LogP) is 3.93. The zero-order valence-corrected chi connectivity index (χ0v) is 9.60. The zero-order chi connectivity index (χ0) is 10.8. The molecule has 2 aromatic rings. The van der Waals surface area contributed by atoms with Gasteiger partial charge >= 0.3 is 0 Å². The third-order valence-electron chi connectivity index (χ3n) is 2.30. The van der Waals surface area contributed by atoms with Crippen LogP contribution >= 0.6 is 11.3 Å². The Morgan fingerprint density at radius 3 is 2.40 bits per heavy atom. The van der Waals surface area contributed by atoms with Crippen molar-refractivity contribution in [2.24, 2.45) is 0 Å². The third kappa shape index (κ3) is 2.00. The molecular weight excluding hydrogens is 204 g/mol. The molecule has 0 bridgehead atoms. The number of Topliss-reactive ketones (excluding diaryl/α,β-unsaturated/α-hetero) is 1. The number of rotatable bonds is 2. The Kier molecular flexibility index (Phi) is 2.69. The average molecular weight is 216 g/mol. The van der Waals surface area contributed by atoms with Gasteiger partial charge in [-0.05, 0) is 31.0 Å². The Hall–Kier alpha value is -1.41. The highest BCUT2D eigenvalue weighted by Crippen LogP contribution is 2.32. The van der Waals surface area contributed by atoms with Crippen LogP contribution in [0.15, 0.2) is 36.4 Å². The van der Waals surface area contributed by atoms with Gasteiger partial charge in [0.25, 0.3) is 0 Å². The second-order valence-electron chi connectivity index (χ2n) is 3.54. The lowest BCUT2D eigenvalue weighted by Crippen LogP contribution is -1.83. The minimum Gasteiger partial charge on any atom is -0.294 e. The molecule has 0 aliphatic heterocycles. The van der Waals surface area contributed by atoms with Gasteiger partial charge in [0.15, 0.2) is 5.78 Å². The van der Waals surface area contributed by atoms with E-state index < -0.39 is 0 Å². The van der Waals surface area contributed by atoms with E-state index in [1.807, 2.05) is 31.2 Å². The Balaban J connectivity index is 2.50. The normalized spacial score (nSPS) is 10.3. The fourth-order valence-corrected chi connectivity index (χ4v) is 2.60. The molecule has 0 amide bonds. The Bertz CT molecular complexity index is 482. The Morgan fingerprint density at radius 1 is 1.20 bits per heavy atom. The number of aryl methyl sites for hydroxylation is 1. The SMILES string of the molecule is CC(=O)c1cc(C)c(-c2ccccc2)s1. The molecule has 0 aliphatic carbocycles. The minimum absolute atomic E-state index is 0.144. The first-order valence-electron chi connectivity index (χ1n) is 4.85. The number of carbonyl (C=O) groups excluding carboxylic acids is 1. The number of hydrogen-bond donors (Lipinski definition) is 0. The van der Waals surface area contributed by atoms with E-state index in [0.29, 0.717) is 0 Å². The molecule has 0 fully saturated rings. The number of hydrogen-bond acceptors (Lipinski definition) is 2. The largest absolute Gasteiger partial charge is 0.294 e. The van der Waals surface area contributed by atoms with Crippen molar-refractivity contribution in [3.05, 3.63) is 46.8 Å². The van der Waals surface area contributed by atoms with Crippen LogP contribution in [0.3, 0.4) is 0 Å². The lowest BCUT2D eigenvalue weighted by molar-refractivity contribution is 0.102. The fourth-order valence-electron chi connectivity index (χ4n) is 1.53. The molecule has 0 saturated carbocycles. The summed E-state index contributed by atoms with van der Waals surface area (Å²) >= 11 is 1.57. The van der Waals surface area contributed by atoms with Crippen LogP contribution in [-0.2, 0) is 0 Å². The fraction of sp³-hybridized carbons (Fsp3) is 0.154. The van der Waals surface area contributed by atoms with Crippen molar-refractivity contribution < 1.29 is 4.79 Å². The molecular formula is C13H12OS. The van der Waals surface area contributed by atoms with Crippen LogP contribution in [-0.4, -0.2) is 5.78 Å². The number of ketones is 1. The molecule has 2 heteroatoms. The van der Waals surface area contributed by atoms with Gasteiger partial charge in [0, 0.05) is 4.88 Å². The van der Waals surface area contributed by atoms with Crippen molar-refractivity contribution in [3.63, 3.8) is 0 Å². The van der Waals surface area contributed by atoms with Crippen LogP contribution in [0, 0.1) is 6.92 Å². The summed E-state index contributed by atoms with van der Waals surface area (Å²) in [4.78, 5) is 13.3. The molecule has 1 aromatic carbocycles. The maximum Gasteiger partial charge on any atom is 0.169 e. The first-order valence-corrected chi connectivity index (χ1v) is 5.67. The molecule has 76 valence electrons. The molecule has 0 radical (unpaired) electrons. The summed E-state index contributed by atoms with van der Waals surface area (Å²) in [7, 11) is 0. The van der Waals surface area contributed by atoms with E-state index in [-0.39, 0.29) is 5.78 Å². The molecule has 2 rings (SSSR count). The standard InChI is InChI=1S/C13H12OS/c1-9-8-12(10(2)14)15-13(9)11-6-4-3-5-7-11/h3-8H,1-2H3. The molecule has 0 N–H and O–H groups in total. The second-order valence-corrected chi connectivity index (χ2v) is 4.60. The summed E-state index contributed by atoms with van der Waals surface area (Å²) in [5.74, 6) is 0.144. The summed E-state index contributed by atoms with van der Waals surface area (Å²) in [5, 5.41) is 0. The van der Waals surface area contributed by atoms with Gasteiger partial charge in [-0.2, -0.15) is 0 Å². The molecule has 0 spiro atoms. The number of thiophene rings is 1. The van der Waals surface area contributed by atoms with Gasteiger partial charge in [-0.1, -0.05) is 30.3 Å². The van der Waals surface area contributed by atoms with E-state index in [9.17, 15) is 4.79 Å². The predicted molar refractivity (Wildman–Crippen MR) is 64.5 cm³/mol. The van der Waals surface area contributed by atoms with E-state index in [1.165, 1.54) is 16.0 Å². The lowest BCUT2D eigenvalue weighted by atomic mass is 10.1. The van der Waals surface area contributed by atoms with E-state index >= 15 is 0 Å². The van der Waals surface area contributed by atoms with Crippen LogP contribution in [0.4, 0.5) is 0 Å². The topological polar surface area (TPSA) is 17.1 Å². The van der Waals surface area contributed by atoms with Gasteiger partial charge in [-0.25, -0.2) is 0 Å². The number of carbonyl (C=O) groups is 1. The quantitative estimate of drug-likeness (QED) is 0.695. The van der Waals surface area contributed by atoms with Crippen molar-refractivity contribution in [3.8, 4) is 10.4 Å². The van der Waals surface area contributed by atoms with Crippen molar-refractivity contribution in [2.45, 2.75) is 13.8 Å². The number of benzene rings is 1. The molecule has 1 heterocycles.